The van der Waals surface area contributed by atoms with Gasteiger partial charge in [-0.25, -0.2) is 14.8 Å². The van der Waals surface area contributed by atoms with Gasteiger partial charge in [0.1, 0.15) is 11.6 Å². The Morgan fingerprint density at radius 3 is 2.46 bits per heavy atom. The van der Waals surface area contributed by atoms with E-state index >= 15 is 0 Å². The maximum Gasteiger partial charge on any atom is 0.258 e. The van der Waals surface area contributed by atoms with E-state index in [-0.39, 0.29) is 17.4 Å². The number of likely N-dealkylation sites (tertiary alicyclic amines) is 1. The number of aromatic nitrogens is 3. The van der Waals surface area contributed by atoms with Gasteiger partial charge in [0.2, 0.25) is 0 Å². The van der Waals surface area contributed by atoms with Crippen molar-refractivity contribution in [3.63, 3.8) is 0 Å². The van der Waals surface area contributed by atoms with E-state index in [9.17, 15) is 4.79 Å². The second kappa shape index (κ2) is 10.8. The van der Waals surface area contributed by atoms with Crippen molar-refractivity contribution in [3.05, 3.63) is 52.8 Å². The SMILES string of the molecule is C#N.COc1ccc(C(C)(C)C)cc1C(=O)N1CCCCC1c1cc2nc(N3CCCC3)c(C)cn2n1. The molecule has 2 saturated heterocycles. The zero-order valence-corrected chi connectivity index (χ0v) is 22.7. The highest BCUT2D eigenvalue weighted by Crippen LogP contribution is 2.35. The van der Waals surface area contributed by atoms with Gasteiger partial charge < -0.3 is 14.5 Å². The van der Waals surface area contributed by atoms with E-state index in [0.29, 0.717) is 17.9 Å². The van der Waals surface area contributed by atoms with Crippen molar-refractivity contribution in [2.45, 2.75) is 71.3 Å². The van der Waals surface area contributed by atoms with Crippen LogP contribution in [0, 0.1) is 18.8 Å². The summed E-state index contributed by atoms with van der Waals surface area (Å²) in [5, 5.41) is 11.4. The molecule has 1 unspecified atom stereocenters. The summed E-state index contributed by atoms with van der Waals surface area (Å²) in [6.45, 7) is 14.9. The van der Waals surface area contributed by atoms with Crippen molar-refractivity contribution in [2.24, 2.45) is 0 Å². The predicted molar refractivity (Wildman–Crippen MR) is 145 cm³/mol. The Balaban J connectivity index is 0.00000156. The average Bonchev–Trinajstić information content (AvgIpc) is 3.58. The zero-order valence-electron chi connectivity index (χ0n) is 22.7. The van der Waals surface area contributed by atoms with Crippen LogP contribution in [0.4, 0.5) is 5.82 Å². The Morgan fingerprint density at radius 1 is 1.08 bits per heavy atom. The number of carbonyl (C=O) groups is 1. The molecule has 3 aromatic rings. The van der Waals surface area contributed by atoms with Crippen LogP contribution in [0.2, 0.25) is 0 Å². The summed E-state index contributed by atoms with van der Waals surface area (Å²) in [6, 6.07) is 7.97. The first kappa shape index (κ1) is 26.5. The predicted octanol–water partition coefficient (Wildman–Crippen LogP) is 5.45. The molecule has 0 N–H and O–H groups in total. The van der Waals surface area contributed by atoms with Gasteiger partial charge in [-0.1, -0.05) is 26.8 Å². The molecule has 196 valence electrons. The van der Waals surface area contributed by atoms with E-state index in [1.54, 1.807) is 7.11 Å². The average molecular weight is 503 g/mol. The van der Waals surface area contributed by atoms with Gasteiger partial charge in [-0.2, -0.15) is 5.10 Å². The smallest absolute Gasteiger partial charge is 0.258 e. The van der Waals surface area contributed by atoms with Crippen LogP contribution in [0.5, 0.6) is 5.75 Å². The third kappa shape index (κ3) is 5.27. The summed E-state index contributed by atoms with van der Waals surface area (Å²) in [5.41, 5.74) is 4.58. The van der Waals surface area contributed by atoms with Crippen LogP contribution >= 0.6 is 0 Å². The lowest BCUT2D eigenvalue weighted by Gasteiger charge is -2.35. The second-order valence-corrected chi connectivity index (χ2v) is 11.0. The molecule has 5 rings (SSSR count). The number of aryl methyl sites for hydroxylation is 1. The molecule has 0 saturated carbocycles. The number of benzene rings is 1. The molecular formula is C29H38N6O2. The van der Waals surface area contributed by atoms with E-state index in [4.69, 9.17) is 20.1 Å². The summed E-state index contributed by atoms with van der Waals surface area (Å²) in [7, 11) is 1.63. The third-order valence-electron chi connectivity index (χ3n) is 7.43. The Kier molecular flexibility index (Phi) is 7.72. The number of fused-ring (bicyclic) bond motifs is 1. The third-order valence-corrected chi connectivity index (χ3v) is 7.43. The first-order valence-corrected chi connectivity index (χ1v) is 13.1. The fraction of sp³-hybridized carbons (Fsp3) is 0.517. The molecule has 2 aromatic heterocycles. The van der Waals surface area contributed by atoms with E-state index < -0.39 is 0 Å². The van der Waals surface area contributed by atoms with Crippen molar-refractivity contribution in [3.8, 4) is 12.3 Å². The number of amides is 1. The zero-order chi connectivity index (χ0) is 26.7. The molecule has 8 heteroatoms. The molecule has 0 spiro atoms. The van der Waals surface area contributed by atoms with Gasteiger partial charge in [0, 0.05) is 44.0 Å². The van der Waals surface area contributed by atoms with Crippen LogP contribution in [-0.2, 0) is 5.41 Å². The summed E-state index contributed by atoms with van der Waals surface area (Å²) in [6.07, 6.45) is 7.48. The minimum absolute atomic E-state index is 0.0107. The van der Waals surface area contributed by atoms with E-state index in [0.717, 1.165) is 60.6 Å². The van der Waals surface area contributed by atoms with Gasteiger partial charge in [0.25, 0.3) is 5.91 Å². The molecule has 1 atom stereocenters. The molecule has 1 aromatic carbocycles. The van der Waals surface area contributed by atoms with Gasteiger partial charge in [-0.05, 0) is 62.1 Å². The molecule has 0 radical (unpaired) electrons. The van der Waals surface area contributed by atoms with Crippen molar-refractivity contribution < 1.29 is 9.53 Å². The number of rotatable bonds is 4. The highest BCUT2D eigenvalue weighted by molar-refractivity contribution is 5.97. The topological polar surface area (TPSA) is 86.8 Å². The van der Waals surface area contributed by atoms with Crippen molar-refractivity contribution in [1.29, 1.82) is 5.26 Å². The highest BCUT2D eigenvalue weighted by Gasteiger charge is 2.33. The number of anilines is 1. The van der Waals surface area contributed by atoms with E-state index in [1.807, 2.05) is 21.5 Å². The molecule has 0 aliphatic carbocycles. The minimum Gasteiger partial charge on any atom is -0.496 e. The largest absolute Gasteiger partial charge is 0.496 e. The van der Waals surface area contributed by atoms with Crippen LogP contribution in [0.25, 0.3) is 5.65 Å². The number of methoxy groups -OCH3 is 1. The Labute approximate surface area is 219 Å². The van der Waals surface area contributed by atoms with Gasteiger partial charge >= 0.3 is 0 Å². The number of ether oxygens (including phenoxy) is 1. The normalized spacial score (nSPS) is 18.0. The summed E-state index contributed by atoms with van der Waals surface area (Å²) >= 11 is 0. The lowest BCUT2D eigenvalue weighted by Crippen LogP contribution is -2.39. The second-order valence-electron chi connectivity index (χ2n) is 11.0. The summed E-state index contributed by atoms with van der Waals surface area (Å²) in [4.78, 5) is 23.3. The molecule has 0 bridgehead atoms. The van der Waals surface area contributed by atoms with Gasteiger partial charge in [0.05, 0.1) is 24.4 Å². The first-order valence-electron chi connectivity index (χ1n) is 13.1. The first-order chi connectivity index (χ1) is 17.8. The maximum absolute atomic E-state index is 13.9. The Bertz CT molecular complexity index is 1280. The molecular weight excluding hydrogens is 464 g/mol. The molecule has 8 nitrogen and oxygen atoms in total. The lowest BCUT2D eigenvalue weighted by atomic mass is 9.85. The molecule has 37 heavy (non-hydrogen) atoms. The monoisotopic (exact) mass is 502 g/mol. The Morgan fingerprint density at radius 2 is 1.78 bits per heavy atom. The van der Waals surface area contributed by atoms with Crippen molar-refractivity contribution >= 4 is 17.4 Å². The minimum atomic E-state index is -0.0727. The van der Waals surface area contributed by atoms with E-state index in [2.05, 4.69) is 57.5 Å². The van der Waals surface area contributed by atoms with Crippen LogP contribution in [0.15, 0.2) is 30.5 Å². The van der Waals surface area contributed by atoms with Crippen LogP contribution in [0.3, 0.4) is 0 Å². The number of carbonyl (C=O) groups excluding carboxylic acids is 1. The Hall–Kier alpha value is -3.60. The van der Waals surface area contributed by atoms with E-state index in [1.165, 1.54) is 12.8 Å². The maximum atomic E-state index is 13.9. The lowest BCUT2D eigenvalue weighted by molar-refractivity contribution is 0.0602. The summed E-state index contributed by atoms with van der Waals surface area (Å²) in [5.74, 6) is 1.69. The molecule has 2 aliphatic heterocycles. The van der Waals surface area contributed by atoms with Crippen molar-refractivity contribution in [1.82, 2.24) is 19.5 Å². The van der Waals surface area contributed by atoms with Gasteiger partial charge in [-0.3, -0.25) is 4.79 Å². The number of piperidine rings is 1. The van der Waals surface area contributed by atoms with Gasteiger partial charge in [0.15, 0.2) is 5.65 Å². The quantitative estimate of drug-likeness (QED) is 0.471. The molecule has 4 heterocycles. The molecule has 1 amide bonds. The van der Waals surface area contributed by atoms with Crippen LogP contribution < -0.4 is 9.64 Å². The fourth-order valence-corrected chi connectivity index (χ4v) is 5.41. The number of hydrogen-bond acceptors (Lipinski definition) is 6. The molecule has 2 aliphatic rings. The fourth-order valence-electron chi connectivity index (χ4n) is 5.41. The standard InChI is InChI=1S/C28H37N5O2.CHN/c1-19-18-33-25(29-26(19)31-13-8-9-14-31)17-22(30-33)23-10-6-7-15-32(23)27(34)21-16-20(28(2,3)4)11-12-24(21)35-5;1-2/h11-12,16-18,23H,6-10,13-15H2,1-5H3;1H. The highest BCUT2D eigenvalue weighted by atomic mass is 16.5. The summed E-state index contributed by atoms with van der Waals surface area (Å²) < 4.78 is 7.48. The number of nitriles is 1. The number of nitrogens with zero attached hydrogens (tertiary/aromatic N) is 6. The van der Waals surface area contributed by atoms with Crippen molar-refractivity contribution in [2.75, 3.05) is 31.6 Å². The number of hydrogen-bond donors (Lipinski definition) is 0. The van der Waals surface area contributed by atoms with Crippen LogP contribution in [-0.4, -0.2) is 52.1 Å². The van der Waals surface area contributed by atoms with Crippen LogP contribution in [0.1, 0.15) is 86.1 Å². The van der Waals surface area contributed by atoms with Gasteiger partial charge in [-0.15, -0.1) is 0 Å². The molecule has 2 fully saturated rings.